The highest BCUT2D eigenvalue weighted by atomic mass is 16.3. The summed E-state index contributed by atoms with van der Waals surface area (Å²) in [5.41, 5.74) is 1.07. The standard InChI is InChI=1S/C11H12N4O2/c1-3-8-9(6(2)16)14-10-7(4-12)5-13-15(10)11(8)17/h5-6,13,16H,3H2,1-2H3. The number of H-pyrrole nitrogens is 1. The number of hydrogen-bond donors (Lipinski definition) is 2. The van der Waals surface area contributed by atoms with Crippen molar-refractivity contribution in [3.05, 3.63) is 33.4 Å². The summed E-state index contributed by atoms with van der Waals surface area (Å²) < 4.78 is 1.23. The smallest absolute Gasteiger partial charge is 0.276 e. The van der Waals surface area contributed by atoms with E-state index >= 15 is 0 Å². The molecule has 2 aromatic heterocycles. The summed E-state index contributed by atoms with van der Waals surface area (Å²) in [5.74, 6) is 0. The van der Waals surface area contributed by atoms with E-state index in [2.05, 4.69) is 10.1 Å². The fourth-order valence-electron chi connectivity index (χ4n) is 1.83. The van der Waals surface area contributed by atoms with Gasteiger partial charge in [0.1, 0.15) is 11.6 Å². The van der Waals surface area contributed by atoms with Gasteiger partial charge in [0, 0.05) is 11.8 Å². The van der Waals surface area contributed by atoms with Crippen LogP contribution in [0.1, 0.15) is 36.8 Å². The van der Waals surface area contributed by atoms with Gasteiger partial charge in [-0.2, -0.15) is 5.26 Å². The molecule has 6 nitrogen and oxygen atoms in total. The minimum absolute atomic E-state index is 0.255. The fraction of sp³-hybridized carbons (Fsp3) is 0.364. The maximum Gasteiger partial charge on any atom is 0.276 e. The van der Waals surface area contributed by atoms with Crippen LogP contribution in [0.2, 0.25) is 0 Å². The van der Waals surface area contributed by atoms with Gasteiger partial charge in [0.15, 0.2) is 5.65 Å². The van der Waals surface area contributed by atoms with Gasteiger partial charge in [-0.3, -0.25) is 9.89 Å². The largest absolute Gasteiger partial charge is 0.387 e. The second-order valence-corrected chi connectivity index (χ2v) is 3.77. The van der Waals surface area contributed by atoms with E-state index in [1.807, 2.05) is 13.0 Å². The number of nitrogens with zero attached hydrogens (tertiary/aromatic N) is 3. The number of aromatic nitrogens is 3. The zero-order valence-corrected chi connectivity index (χ0v) is 9.56. The molecule has 0 aliphatic rings. The zero-order chi connectivity index (χ0) is 12.6. The van der Waals surface area contributed by atoms with Crippen LogP contribution < -0.4 is 5.56 Å². The average Bonchev–Trinajstić information content (AvgIpc) is 2.71. The minimum Gasteiger partial charge on any atom is -0.387 e. The van der Waals surface area contributed by atoms with Crippen molar-refractivity contribution >= 4 is 5.65 Å². The summed E-state index contributed by atoms with van der Waals surface area (Å²) >= 11 is 0. The molecule has 0 saturated heterocycles. The van der Waals surface area contributed by atoms with Crippen LogP contribution in [0, 0.1) is 11.3 Å². The van der Waals surface area contributed by atoms with Gasteiger partial charge in [0.2, 0.25) is 0 Å². The molecule has 6 heteroatoms. The number of nitrogens with one attached hydrogen (secondary N) is 1. The van der Waals surface area contributed by atoms with E-state index in [-0.39, 0.29) is 16.8 Å². The van der Waals surface area contributed by atoms with Gasteiger partial charge in [0.05, 0.1) is 11.8 Å². The molecule has 0 aliphatic carbocycles. The number of aromatic amines is 1. The third-order valence-corrected chi connectivity index (χ3v) is 2.66. The normalized spacial score (nSPS) is 12.6. The lowest BCUT2D eigenvalue weighted by Crippen LogP contribution is -2.23. The average molecular weight is 232 g/mol. The van der Waals surface area contributed by atoms with Gasteiger partial charge in [-0.25, -0.2) is 9.50 Å². The van der Waals surface area contributed by atoms with E-state index in [1.54, 1.807) is 6.92 Å². The summed E-state index contributed by atoms with van der Waals surface area (Å²) in [5, 5.41) is 21.2. The highest BCUT2D eigenvalue weighted by Gasteiger charge is 2.17. The molecule has 0 saturated carbocycles. The number of fused-ring (bicyclic) bond motifs is 1. The predicted octanol–water partition coefficient (Wildman–Crippen LogP) is 0.510. The molecule has 0 bridgehead atoms. The molecule has 0 aliphatic heterocycles. The molecule has 0 radical (unpaired) electrons. The molecular formula is C11H12N4O2. The Morgan fingerprint density at radius 2 is 2.41 bits per heavy atom. The lowest BCUT2D eigenvalue weighted by Gasteiger charge is -2.09. The monoisotopic (exact) mass is 232 g/mol. The first-order chi connectivity index (χ1) is 8.10. The molecule has 2 aromatic rings. The third-order valence-electron chi connectivity index (χ3n) is 2.66. The van der Waals surface area contributed by atoms with Crippen LogP contribution in [0.4, 0.5) is 0 Å². The molecule has 1 unspecified atom stereocenters. The minimum atomic E-state index is -0.830. The van der Waals surface area contributed by atoms with Crippen LogP contribution in [-0.2, 0) is 6.42 Å². The Kier molecular flexibility index (Phi) is 2.69. The second kappa shape index (κ2) is 4.03. The molecule has 88 valence electrons. The maximum atomic E-state index is 12.1. The van der Waals surface area contributed by atoms with E-state index < -0.39 is 6.10 Å². The van der Waals surface area contributed by atoms with Gasteiger partial charge in [-0.05, 0) is 13.3 Å². The number of nitriles is 1. The molecular weight excluding hydrogens is 220 g/mol. The third kappa shape index (κ3) is 1.61. The molecule has 0 spiro atoms. The quantitative estimate of drug-likeness (QED) is 0.788. The van der Waals surface area contributed by atoms with Crippen molar-refractivity contribution < 1.29 is 5.11 Å². The Bertz CT molecular complexity index is 660. The van der Waals surface area contributed by atoms with Gasteiger partial charge < -0.3 is 5.11 Å². The number of hydrogen-bond acceptors (Lipinski definition) is 4. The molecule has 2 N–H and O–H groups in total. The fourth-order valence-corrected chi connectivity index (χ4v) is 1.83. The highest BCUT2D eigenvalue weighted by molar-refractivity contribution is 5.54. The van der Waals surface area contributed by atoms with E-state index in [0.717, 1.165) is 0 Å². The maximum absolute atomic E-state index is 12.1. The summed E-state index contributed by atoms with van der Waals surface area (Å²) in [6.45, 7) is 3.38. The highest BCUT2D eigenvalue weighted by Crippen LogP contribution is 2.15. The van der Waals surface area contributed by atoms with Crippen LogP contribution in [-0.4, -0.2) is 19.7 Å². The lowest BCUT2D eigenvalue weighted by molar-refractivity contribution is 0.193. The second-order valence-electron chi connectivity index (χ2n) is 3.77. The molecule has 17 heavy (non-hydrogen) atoms. The van der Waals surface area contributed by atoms with E-state index in [4.69, 9.17) is 5.26 Å². The number of rotatable bonds is 2. The zero-order valence-electron chi connectivity index (χ0n) is 9.56. The van der Waals surface area contributed by atoms with E-state index in [0.29, 0.717) is 17.7 Å². The molecule has 0 fully saturated rings. The van der Waals surface area contributed by atoms with E-state index in [9.17, 15) is 9.90 Å². The Morgan fingerprint density at radius 3 is 2.94 bits per heavy atom. The number of aliphatic hydroxyl groups is 1. The SMILES string of the molecule is CCc1c(C(C)O)nc2c(C#N)c[nH]n2c1=O. The molecule has 0 aromatic carbocycles. The van der Waals surface area contributed by atoms with Crippen molar-refractivity contribution in [2.75, 3.05) is 0 Å². The summed E-state index contributed by atoms with van der Waals surface area (Å²) in [6.07, 6.45) is 1.08. The molecule has 1 atom stereocenters. The van der Waals surface area contributed by atoms with Gasteiger partial charge in [0.25, 0.3) is 5.56 Å². The first kappa shape index (κ1) is 11.4. The summed E-state index contributed by atoms with van der Waals surface area (Å²) in [7, 11) is 0. The van der Waals surface area contributed by atoms with E-state index in [1.165, 1.54) is 10.7 Å². The predicted molar refractivity (Wildman–Crippen MR) is 60.5 cm³/mol. The van der Waals surface area contributed by atoms with Gasteiger partial charge in [-0.1, -0.05) is 6.92 Å². The van der Waals surface area contributed by atoms with Crippen molar-refractivity contribution in [2.45, 2.75) is 26.4 Å². The Labute approximate surface area is 97.1 Å². The van der Waals surface area contributed by atoms with Crippen molar-refractivity contribution in [3.63, 3.8) is 0 Å². The Morgan fingerprint density at radius 1 is 1.71 bits per heavy atom. The van der Waals surface area contributed by atoms with Gasteiger partial charge >= 0.3 is 0 Å². The van der Waals surface area contributed by atoms with Gasteiger partial charge in [-0.15, -0.1) is 0 Å². The Balaban J connectivity index is 2.91. The van der Waals surface area contributed by atoms with Crippen LogP contribution in [0.25, 0.3) is 5.65 Å². The molecule has 2 rings (SSSR count). The Hall–Kier alpha value is -2.13. The first-order valence-corrected chi connectivity index (χ1v) is 5.31. The van der Waals surface area contributed by atoms with Crippen LogP contribution >= 0.6 is 0 Å². The lowest BCUT2D eigenvalue weighted by atomic mass is 10.1. The summed E-state index contributed by atoms with van der Waals surface area (Å²) in [6, 6.07) is 1.95. The van der Waals surface area contributed by atoms with Crippen molar-refractivity contribution in [1.82, 2.24) is 14.6 Å². The van der Waals surface area contributed by atoms with Crippen molar-refractivity contribution in [1.29, 1.82) is 5.26 Å². The van der Waals surface area contributed by atoms with Crippen molar-refractivity contribution in [2.24, 2.45) is 0 Å². The molecule has 2 heterocycles. The number of aliphatic hydroxyl groups excluding tert-OH is 1. The van der Waals surface area contributed by atoms with Crippen LogP contribution in [0.15, 0.2) is 11.0 Å². The first-order valence-electron chi connectivity index (χ1n) is 5.31. The van der Waals surface area contributed by atoms with Crippen LogP contribution in [0.3, 0.4) is 0 Å². The summed E-state index contributed by atoms with van der Waals surface area (Å²) in [4.78, 5) is 16.3. The van der Waals surface area contributed by atoms with Crippen LogP contribution in [0.5, 0.6) is 0 Å². The van der Waals surface area contributed by atoms with Crippen molar-refractivity contribution in [3.8, 4) is 6.07 Å². The molecule has 0 amide bonds. The topological polar surface area (TPSA) is 94.2 Å².